The zero-order valence-corrected chi connectivity index (χ0v) is 6.38. The number of aromatic carboxylic acids is 1. The Morgan fingerprint density at radius 2 is 2.23 bits per heavy atom. The van der Waals surface area contributed by atoms with Crippen LogP contribution in [0, 0.1) is 0 Å². The van der Waals surface area contributed by atoms with Crippen LogP contribution in [0.4, 0.5) is 0 Å². The second kappa shape index (κ2) is 2.44. The number of nitrogens with zero attached hydrogens (tertiary/aromatic N) is 3. The van der Waals surface area contributed by atoms with E-state index in [1.54, 1.807) is 0 Å². The van der Waals surface area contributed by atoms with E-state index in [2.05, 4.69) is 10.1 Å². The van der Waals surface area contributed by atoms with Crippen LogP contribution in [-0.4, -0.2) is 30.8 Å². The predicted molar refractivity (Wildman–Crippen MR) is 41.6 cm³/mol. The third-order valence-corrected chi connectivity index (χ3v) is 1.57. The van der Waals surface area contributed by atoms with Gasteiger partial charge in [-0.1, -0.05) is 0 Å². The Hall–Kier alpha value is -2.11. The number of aromatic hydroxyl groups is 1. The highest BCUT2D eigenvalue weighted by Gasteiger charge is 2.11. The van der Waals surface area contributed by atoms with Gasteiger partial charge in [0, 0.05) is 0 Å². The zero-order chi connectivity index (χ0) is 9.42. The molecule has 0 unspecified atom stereocenters. The minimum Gasteiger partial charge on any atom is -0.505 e. The summed E-state index contributed by atoms with van der Waals surface area (Å²) in [6.07, 6.45) is 3.64. The predicted octanol–water partition coefficient (Wildman–Crippen LogP) is 0.133. The highest BCUT2D eigenvalue weighted by atomic mass is 16.4. The van der Waals surface area contributed by atoms with Crippen molar-refractivity contribution >= 4 is 11.6 Å². The van der Waals surface area contributed by atoms with Crippen molar-refractivity contribution in [3.05, 3.63) is 24.2 Å². The Morgan fingerprint density at radius 3 is 2.92 bits per heavy atom. The highest BCUT2D eigenvalue weighted by molar-refractivity contribution is 5.94. The lowest BCUT2D eigenvalue weighted by Gasteiger charge is -1.93. The molecule has 2 N–H and O–H groups in total. The summed E-state index contributed by atoms with van der Waals surface area (Å²) >= 11 is 0. The lowest BCUT2D eigenvalue weighted by atomic mass is 10.3. The second-order valence-corrected chi connectivity index (χ2v) is 2.44. The minimum atomic E-state index is -1.09. The smallest absolute Gasteiger partial charge is 0.341 e. The van der Waals surface area contributed by atoms with Crippen LogP contribution in [0.3, 0.4) is 0 Å². The monoisotopic (exact) mass is 179 g/mol. The minimum absolute atomic E-state index is 0.0139. The first kappa shape index (κ1) is 7.53. The summed E-state index contributed by atoms with van der Waals surface area (Å²) in [6.45, 7) is 0. The quantitative estimate of drug-likeness (QED) is 0.649. The Morgan fingerprint density at radius 1 is 1.46 bits per heavy atom. The number of aromatic nitrogens is 3. The van der Waals surface area contributed by atoms with Gasteiger partial charge in [0.05, 0.1) is 18.6 Å². The van der Waals surface area contributed by atoms with Gasteiger partial charge in [-0.25, -0.2) is 14.3 Å². The average Bonchev–Trinajstić information content (AvgIpc) is 2.46. The molecule has 2 aromatic rings. The maximum absolute atomic E-state index is 10.6. The van der Waals surface area contributed by atoms with Crippen LogP contribution in [-0.2, 0) is 0 Å². The molecule has 0 spiro atoms. The first-order valence-corrected chi connectivity index (χ1v) is 3.44. The molecule has 2 rings (SSSR count). The van der Waals surface area contributed by atoms with Crippen molar-refractivity contribution in [3.8, 4) is 5.75 Å². The van der Waals surface area contributed by atoms with Gasteiger partial charge >= 0.3 is 5.97 Å². The van der Waals surface area contributed by atoms with Crippen molar-refractivity contribution in [2.75, 3.05) is 0 Å². The van der Waals surface area contributed by atoms with Gasteiger partial charge in [0.15, 0.2) is 11.4 Å². The van der Waals surface area contributed by atoms with Crippen LogP contribution >= 0.6 is 0 Å². The molecule has 0 aromatic carbocycles. The van der Waals surface area contributed by atoms with Crippen molar-refractivity contribution in [3.63, 3.8) is 0 Å². The lowest BCUT2D eigenvalue weighted by molar-refractivity contribution is 0.0698. The van der Waals surface area contributed by atoms with Crippen LogP contribution in [0.2, 0.25) is 0 Å². The van der Waals surface area contributed by atoms with Crippen LogP contribution in [0.15, 0.2) is 18.6 Å². The molecule has 13 heavy (non-hydrogen) atoms. The molecular formula is C7H5N3O3. The standard InChI is InChI=1S/C7H5N3O3/c11-4-1-8-6-5(7(12)13)2-9-10(6)3-4/h1-3,11H,(H,12,13). The van der Waals surface area contributed by atoms with E-state index in [4.69, 9.17) is 10.2 Å². The van der Waals surface area contributed by atoms with Crippen molar-refractivity contribution in [2.45, 2.75) is 0 Å². The maximum atomic E-state index is 10.6. The third-order valence-electron chi connectivity index (χ3n) is 1.57. The Kier molecular flexibility index (Phi) is 1.42. The van der Waals surface area contributed by atoms with E-state index in [1.807, 2.05) is 0 Å². The lowest BCUT2D eigenvalue weighted by Crippen LogP contribution is -1.96. The van der Waals surface area contributed by atoms with E-state index < -0.39 is 5.97 Å². The number of rotatable bonds is 1. The molecule has 0 aliphatic rings. The highest BCUT2D eigenvalue weighted by Crippen LogP contribution is 2.11. The fourth-order valence-corrected chi connectivity index (χ4v) is 1.02. The van der Waals surface area contributed by atoms with Crippen LogP contribution in [0.5, 0.6) is 5.75 Å². The molecule has 6 heteroatoms. The van der Waals surface area contributed by atoms with Gasteiger partial charge in [0.25, 0.3) is 0 Å². The summed E-state index contributed by atoms with van der Waals surface area (Å²) in [5.41, 5.74) is 0.227. The molecular weight excluding hydrogens is 174 g/mol. The molecule has 2 aromatic heterocycles. The largest absolute Gasteiger partial charge is 0.505 e. The number of carboxylic acid groups (broad SMARTS) is 1. The maximum Gasteiger partial charge on any atom is 0.341 e. The van der Waals surface area contributed by atoms with Gasteiger partial charge in [-0.05, 0) is 0 Å². The molecule has 0 saturated heterocycles. The third kappa shape index (κ3) is 1.08. The van der Waals surface area contributed by atoms with E-state index in [9.17, 15) is 4.79 Å². The van der Waals surface area contributed by atoms with Gasteiger partial charge in [-0.15, -0.1) is 0 Å². The number of carbonyl (C=O) groups is 1. The van der Waals surface area contributed by atoms with Gasteiger partial charge in [0.1, 0.15) is 5.56 Å². The summed E-state index contributed by atoms with van der Waals surface area (Å²) in [7, 11) is 0. The molecule has 0 atom stereocenters. The molecule has 0 saturated carbocycles. The van der Waals surface area contributed by atoms with Crippen molar-refractivity contribution in [1.82, 2.24) is 14.6 Å². The number of carboxylic acids is 1. The van der Waals surface area contributed by atoms with Crippen molar-refractivity contribution < 1.29 is 15.0 Å². The molecule has 0 amide bonds. The fourth-order valence-electron chi connectivity index (χ4n) is 1.02. The second-order valence-electron chi connectivity index (χ2n) is 2.44. The number of hydrogen-bond acceptors (Lipinski definition) is 4. The van der Waals surface area contributed by atoms with Gasteiger partial charge in [-0.3, -0.25) is 0 Å². The molecule has 0 bridgehead atoms. The summed E-state index contributed by atoms with van der Waals surface area (Å²) in [4.78, 5) is 14.3. The van der Waals surface area contributed by atoms with Crippen LogP contribution in [0.1, 0.15) is 10.4 Å². The average molecular weight is 179 g/mol. The molecule has 0 radical (unpaired) electrons. The summed E-state index contributed by atoms with van der Waals surface area (Å²) in [5.74, 6) is -1.15. The van der Waals surface area contributed by atoms with Crippen molar-refractivity contribution in [1.29, 1.82) is 0 Å². The first-order chi connectivity index (χ1) is 6.18. The van der Waals surface area contributed by atoms with Crippen LogP contribution in [0.25, 0.3) is 5.65 Å². The van der Waals surface area contributed by atoms with E-state index in [0.717, 1.165) is 0 Å². The SMILES string of the molecule is O=C(O)c1cnn2cc(O)cnc12. The Bertz CT molecular complexity index is 477. The van der Waals surface area contributed by atoms with Gasteiger partial charge < -0.3 is 10.2 Å². The van der Waals surface area contributed by atoms with Gasteiger partial charge in [-0.2, -0.15) is 5.10 Å². The van der Waals surface area contributed by atoms with E-state index >= 15 is 0 Å². The Balaban J connectivity index is 2.76. The number of fused-ring (bicyclic) bond motifs is 1. The molecule has 6 nitrogen and oxygen atoms in total. The van der Waals surface area contributed by atoms with E-state index in [0.29, 0.717) is 0 Å². The van der Waals surface area contributed by atoms with Crippen LogP contribution < -0.4 is 0 Å². The molecule has 0 aliphatic heterocycles. The fraction of sp³-hybridized carbons (Fsp3) is 0. The normalized spacial score (nSPS) is 10.5. The summed E-state index contributed by atoms with van der Waals surface area (Å²) in [6, 6.07) is 0. The number of hydrogen-bond donors (Lipinski definition) is 2. The topological polar surface area (TPSA) is 87.7 Å². The summed E-state index contributed by atoms with van der Waals surface area (Å²) in [5, 5.41) is 21.4. The molecule has 0 fully saturated rings. The molecule has 2 heterocycles. The van der Waals surface area contributed by atoms with E-state index in [-0.39, 0.29) is 17.0 Å². The van der Waals surface area contributed by atoms with Crippen molar-refractivity contribution in [2.24, 2.45) is 0 Å². The van der Waals surface area contributed by atoms with Gasteiger partial charge in [0.2, 0.25) is 0 Å². The van der Waals surface area contributed by atoms with E-state index in [1.165, 1.54) is 23.1 Å². The summed E-state index contributed by atoms with van der Waals surface area (Å²) < 4.78 is 1.21. The molecule has 0 aliphatic carbocycles. The zero-order valence-electron chi connectivity index (χ0n) is 6.38. The Labute approximate surface area is 72.1 Å². The molecule has 66 valence electrons. The first-order valence-electron chi connectivity index (χ1n) is 3.44.